The van der Waals surface area contributed by atoms with Gasteiger partial charge in [0.15, 0.2) is 0 Å². The Hall–Kier alpha value is -1.65. The number of nitrogens with one attached hydrogen (secondary N) is 2. The zero-order valence-corrected chi connectivity index (χ0v) is 12.6. The summed E-state index contributed by atoms with van der Waals surface area (Å²) in [6, 6.07) is 1.49. The predicted octanol–water partition coefficient (Wildman–Crippen LogP) is 1.96. The zero-order valence-electron chi connectivity index (χ0n) is 12.6. The normalized spacial score (nSPS) is 13.2. The second-order valence-electron chi connectivity index (χ2n) is 6.00. The van der Waals surface area contributed by atoms with E-state index < -0.39 is 0 Å². The van der Waals surface area contributed by atoms with Crippen molar-refractivity contribution >= 4 is 11.7 Å². The highest BCUT2D eigenvalue weighted by atomic mass is 16.2. The average Bonchev–Trinajstić information content (AvgIpc) is 2.34. The van der Waals surface area contributed by atoms with Gasteiger partial charge >= 0.3 is 0 Å². The zero-order chi connectivity index (χ0) is 14.6. The standard InChI is InChI=1S/C14H24N4O/c1-9(2)11(12(19)15-6)17-10-7-8-16-13(18-10)14(3,4)5/h7-9,11H,1-6H3,(H,15,19)(H,16,17,18). The Morgan fingerprint density at radius 1 is 1.32 bits per heavy atom. The summed E-state index contributed by atoms with van der Waals surface area (Å²) in [5.41, 5.74) is -0.113. The van der Waals surface area contributed by atoms with E-state index in [1.165, 1.54) is 0 Å². The molecule has 2 N–H and O–H groups in total. The van der Waals surface area contributed by atoms with Crippen molar-refractivity contribution in [1.29, 1.82) is 0 Å². The maximum atomic E-state index is 11.8. The number of aromatic nitrogens is 2. The Morgan fingerprint density at radius 3 is 2.42 bits per heavy atom. The second-order valence-corrected chi connectivity index (χ2v) is 6.00. The van der Waals surface area contributed by atoms with Crippen molar-refractivity contribution < 1.29 is 4.79 Å². The van der Waals surface area contributed by atoms with Gasteiger partial charge in [0.05, 0.1) is 0 Å². The van der Waals surface area contributed by atoms with Crippen LogP contribution in [-0.4, -0.2) is 29.0 Å². The van der Waals surface area contributed by atoms with Crippen LogP contribution in [-0.2, 0) is 10.2 Å². The van der Waals surface area contributed by atoms with E-state index in [0.29, 0.717) is 5.82 Å². The van der Waals surface area contributed by atoms with E-state index in [1.807, 2.05) is 13.8 Å². The van der Waals surface area contributed by atoms with Gasteiger partial charge in [-0.2, -0.15) is 0 Å². The highest BCUT2D eigenvalue weighted by Crippen LogP contribution is 2.19. The summed E-state index contributed by atoms with van der Waals surface area (Å²) >= 11 is 0. The summed E-state index contributed by atoms with van der Waals surface area (Å²) in [7, 11) is 1.64. The first-order valence-corrected chi connectivity index (χ1v) is 6.57. The minimum Gasteiger partial charge on any atom is -0.358 e. The van der Waals surface area contributed by atoms with Gasteiger partial charge in [-0.25, -0.2) is 9.97 Å². The second kappa shape index (κ2) is 5.99. The lowest BCUT2D eigenvalue weighted by Gasteiger charge is -2.22. The molecule has 1 unspecified atom stereocenters. The molecule has 1 aromatic rings. The molecule has 0 radical (unpaired) electrons. The first-order chi connectivity index (χ1) is 8.75. The highest BCUT2D eigenvalue weighted by molar-refractivity contribution is 5.84. The molecule has 0 fully saturated rings. The van der Waals surface area contributed by atoms with Gasteiger partial charge in [0, 0.05) is 18.7 Å². The molecular weight excluding hydrogens is 240 g/mol. The first-order valence-electron chi connectivity index (χ1n) is 6.57. The molecule has 0 aliphatic rings. The fourth-order valence-electron chi connectivity index (χ4n) is 1.65. The summed E-state index contributed by atoms with van der Waals surface area (Å²) in [6.45, 7) is 10.2. The lowest BCUT2D eigenvalue weighted by Crippen LogP contribution is -2.41. The van der Waals surface area contributed by atoms with Crippen molar-refractivity contribution in [2.45, 2.75) is 46.1 Å². The van der Waals surface area contributed by atoms with Crippen LogP contribution in [0.25, 0.3) is 0 Å². The molecule has 0 bridgehead atoms. The van der Waals surface area contributed by atoms with Gasteiger partial charge in [-0.1, -0.05) is 34.6 Å². The number of hydrogen-bond donors (Lipinski definition) is 2. The summed E-state index contributed by atoms with van der Waals surface area (Å²) in [5, 5.41) is 5.85. The maximum Gasteiger partial charge on any atom is 0.242 e. The average molecular weight is 264 g/mol. The minimum absolute atomic E-state index is 0.0362. The van der Waals surface area contributed by atoms with Gasteiger partial charge in [0.2, 0.25) is 5.91 Å². The number of carbonyl (C=O) groups excluding carboxylic acids is 1. The largest absolute Gasteiger partial charge is 0.358 e. The first kappa shape index (κ1) is 15.4. The summed E-state index contributed by atoms with van der Waals surface area (Å²) in [4.78, 5) is 20.6. The van der Waals surface area contributed by atoms with Crippen LogP contribution in [0.2, 0.25) is 0 Å². The number of rotatable bonds is 4. The van der Waals surface area contributed by atoms with E-state index >= 15 is 0 Å². The molecule has 1 heterocycles. The number of nitrogens with zero attached hydrogens (tertiary/aromatic N) is 2. The van der Waals surface area contributed by atoms with Crippen LogP contribution in [0.4, 0.5) is 5.82 Å². The van der Waals surface area contributed by atoms with Gasteiger partial charge in [0.1, 0.15) is 17.7 Å². The molecule has 1 aromatic heterocycles. The van der Waals surface area contributed by atoms with Crippen molar-refractivity contribution in [3.63, 3.8) is 0 Å². The monoisotopic (exact) mass is 264 g/mol. The molecule has 1 atom stereocenters. The molecule has 19 heavy (non-hydrogen) atoms. The van der Waals surface area contributed by atoms with Crippen molar-refractivity contribution in [2.75, 3.05) is 12.4 Å². The smallest absolute Gasteiger partial charge is 0.242 e. The molecule has 5 nitrogen and oxygen atoms in total. The maximum absolute atomic E-state index is 11.8. The topological polar surface area (TPSA) is 66.9 Å². The number of likely N-dealkylation sites (N-methyl/N-ethyl adjacent to an activating group) is 1. The Balaban J connectivity index is 2.95. The number of anilines is 1. The van der Waals surface area contributed by atoms with Crippen LogP contribution in [0.3, 0.4) is 0 Å². The minimum atomic E-state index is -0.298. The fraction of sp³-hybridized carbons (Fsp3) is 0.643. The quantitative estimate of drug-likeness (QED) is 0.872. The van der Waals surface area contributed by atoms with Crippen molar-refractivity contribution in [2.24, 2.45) is 5.92 Å². The Bertz CT molecular complexity index is 437. The lowest BCUT2D eigenvalue weighted by molar-refractivity contribution is -0.122. The van der Waals surface area contributed by atoms with E-state index in [2.05, 4.69) is 41.4 Å². The van der Waals surface area contributed by atoms with E-state index in [1.54, 1.807) is 19.3 Å². The number of amides is 1. The van der Waals surface area contributed by atoms with Crippen LogP contribution in [0.1, 0.15) is 40.4 Å². The molecule has 1 rings (SSSR count). The third kappa shape index (κ3) is 4.19. The number of hydrogen-bond acceptors (Lipinski definition) is 4. The Labute approximate surface area is 115 Å². The fourth-order valence-corrected chi connectivity index (χ4v) is 1.65. The molecule has 0 saturated carbocycles. The SMILES string of the molecule is CNC(=O)C(Nc1ccnc(C(C)(C)C)n1)C(C)C. The Kier molecular flexibility index (Phi) is 4.86. The van der Waals surface area contributed by atoms with E-state index in [0.717, 1.165) is 5.82 Å². The van der Waals surface area contributed by atoms with Crippen LogP contribution < -0.4 is 10.6 Å². The molecule has 5 heteroatoms. The third-order valence-corrected chi connectivity index (χ3v) is 2.83. The molecular formula is C14H24N4O. The summed E-state index contributed by atoms with van der Waals surface area (Å²) in [5.74, 6) is 1.58. The van der Waals surface area contributed by atoms with E-state index in [9.17, 15) is 4.79 Å². The molecule has 1 amide bonds. The summed E-state index contributed by atoms with van der Waals surface area (Å²) in [6.07, 6.45) is 1.72. The van der Waals surface area contributed by atoms with E-state index in [4.69, 9.17) is 0 Å². The molecule has 0 aliphatic carbocycles. The molecule has 0 spiro atoms. The van der Waals surface area contributed by atoms with Crippen molar-refractivity contribution in [1.82, 2.24) is 15.3 Å². The van der Waals surface area contributed by atoms with Gasteiger partial charge in [-0.15, -0.1) is 0 Å². The van der Waals surface area contributed by atoms with Gasteiger partial charge in [-0.05, 0) is 12.0 Å². The predicted molar refractivity (Wildman–Crippen MR) is 77.0 cm³/mol. The van der Waals surface area contributed by atoms with E-state index in [-0.39, 0.29) is 23.3 Å². The van der Waals surface area contributed by atoms with Gasteiger partial charge in [-0.3, -0.25) is 4.79 Å². The molecule has 0 aliphatic heterocycles. The lowest BCUT2D eigenvalue weighted by atomic mass is 9.96. The highest BCUT2D eigenvalue weighted by Gasteiger charge is 2.22. The van der Waals surface area contributed by atoms with Crippen molar-refractivity contribution in [3.05, 3.63) is 18.1 Å². The van der Waals surface area contributed by atoms with Gasteiger partial charge in [0.25, 0.3) is 0 Å². The number of carbonyl (C=O) groups is 1. The molecule has 0 saturated heterocycles. The summed E-state index contributed by atoms with van der Waals surface area (Å²) < 4.78 is 0. The van der Waals surface area contributed by atoms with Crippen LogP contribution in [0.15, 0.2) is 12.3 Å². The molecule has 0 aromatic carbocycles. The molecule has 106 valence electrons. The van der Waals surface area contributed by atoms with Gasteiger partial charge < -0.3 is 10.6 Å². The van der Waals surface area contributed by atoms with Crippen molar-refractivity contribution in [3.8, 4) is 0 Å². The van der Waals surface area contributed by atoms with Crippen LogP contribution in [0.5, 0.6) is 0 Å². The Morgan fingerprint density at radius 2 is 1.95 bits per heavy atom. The van der Waals surface area contributed by atoms with Crippen LogP contribution >= 0.6 is 0 Å². The third-order valence-electron chi connectivity index (χ3n) is 2.83. The van der Waals surface area contributed by atoms with Crippen LogP contribution in [0, 0.1) is 5.92 Å².